The fraction of sp³-hybridized carbons (Fsp3) is 1.00. The van der Waals surface area contributed by atoms with Gasteiger partial charge in [0.2, 0.25) is 0 Å². The van der Waals surface area contributed by atoms with Crippen LogP contribution in [0.1, 0.15) is 96.8 Å². The van der Waals surface area contributed by atoms with E-state index in [9.17, 15) is 5.11 Å². The molecule has 25 heavy (non-hydrogen) atoms. The first-order valence-corrected chi connectivity index (χ1v) is 11.5. The van der Waals surface area contributed by atoms with Crippen molar-refractivity contribution in [3.63, 3.8) is 0 Å². The molecule has 2 nitrogen and oxygen atoms in total. The molecule has 2 atom stereocenters. The molecule has 1 saturated heterocycles. The maximum atomic E-state index is 9.27. The maximum absolute atomic E-state index is 9.27. The van der Waals surface area contributed by atoms with Crippen LogP contribution in [0, 0.1) is 29.6 Å². The Kier molecular flexibility index (Phi) is 8.11. The van der Waals surface area contributed by atoms with E-state index < -0.39 is 0 Å². The van der Waals surface area contributed by atoms with Crippen LogP contribution in [0.3, 0.4) is 0 Å². The Balaban J connectivity index is 1.29. The molecule has 0 amide bonds. The lowest BCUT2D eigenvalue weighted by Gasteiger charge is -2.38. The highest BCUT2D eigenvalue weighted by Crippen LogP contribution is 2.39. The Morgan fingerprint density at radius 3 is 1.76 bits per heavy atom. The summed E-state index contributed by atoms with van der Waals surface area (Å²) in [6.07, 6.45) is 19.9. The minimum atomic E-state index is 0.416. The summed E-state index contributed by atoms with van der Waals surface area (Å²) >= 11 is 0. The van der Waals surface area contributed by atoms with Gasteiger partial charge in [-0.3, -0.25) is 0 Å². The van der Waals surface area contributed by atoms with E-state index >= 15 is 0 Å². The molecule has 1 heterocycles. The molecular weight excluding hydrogens is 308 g/mol. The van der Waals surface area contributed by atoms with Crippen LogP contribution in [0.15, 0.2) is 0 Å². The minimum Gasteiger partial charge on any atom is -0.396 e. The van der Waals surface area contributed by atoms with Crippen molar-refractivity contribution in [3.8, 4) is 0 Å². The summed E-state index contributed by atoms with van der Waals surface area (Å²) in [6.45, 7) is 3.75. The molecule has 2 aliphatic carbocycles. The van der Waals surface area contributed by atoms with Crippen LogP contribution in [0.2, 0.25) is 0 Å². The lowest BCUT2D eigenvalue weighted by atomic mass is 9.73. The third-order valence-corrected chi connectivity index (χ3v) is 7.73. The van der Waals surface area contributed by atoms with Crippen molar-refractivity contribution < 1.29 is 9.84 Å². The van der Waals surface area contributed by atoms with Crippen LogP contribution >= 0.6 is 0 Å². The second-order valence-electron chi connectivity index (χ2n) is 9.53. The standard InChI is InChI=1S/C23H42O2/c1-2-3-21-12-15-23(25-17-21)22-13-10-19(11-14-22)5-4-18-6-8-20(16-24)9-7-18/h18-24H,2-17H2,1H3. The van der Waals surface area contributed by atoms with Crippen molar-refractivity contribution in [2.75, 3.05) is 13.2 Å². The third-order valence-electron chi connectivity index (χ3n) is 7.73. The van der Waals surface area contributed by atoms with Gasteiger partial charge in [-0.1, -0.05) is 51.9 Å². The maximum Gasteiger partial charge on any atom is 0.0603 e. The molecule has 0 bridgehead atoms. The van der Waals surface area contributed by atoms with Crippen molar-refractivity contribution in [2.24, 2.45) is 29.6 Å². The second-order valence-corrected chi connectivity index (χ2v) is 9.53. The van der Waals surface area contributed by atoms with Gasteiger partial charge in [0.15, 0.2) is 0 Å². The molecule has 0 aromatic rings. The van der Waals surface area contributed by atoms with E-state index in [4.69, 9.17) is 4.74 Å². The van der Waals surface area contributed by atoms with E-state index in [1.807, 2.05) is 0 Å². The zero-order valence-corrected chi connectivity index (χ0v) is 16.6. The van der Waals surface area contributed by atoms with Gasteiger partial charge in [-0.05, 0) is 74.5 Å². The second kappa shape index (κ2) is 10.3. The van der Waals surface area contributed by atoms with Crippen LogP contribution in [0.5, 0.6) is 0 Å². The van der Waals surface area contributed by atoms with Gasteiger partial charge in [0.1, 0.15) is 0 Å². The Morgan fingerprint density at radius 1 is 0.680 bits per heavy atom. The van der Waals surface area contributed by atoms with Crippen LogP contribution < -0.4 is 0 Å². The van der Waals surface area contributed by atoms with Crippen molar-refractivity contribution in [2.45, 2.75) is 103 Å². The predicted octanol–water partition coefficient (Wildman–Crippen LogP) is 5.97. The van der Waals surface area contributed by atoms with E-state index in [0.29, 0.717) is 18.6 Å². The van der Waals surface area contributed by atoms with Crippen LogP contribution in [-0.2, 0) is 4.74 Å². The molecular formula is C23H42O2. The first kappa shape index (κ1) is 19.7. The minimum absolute atomic E-state index is 0.416. The smallest absolute Gasteiger partial charge is 0.0603 e. The lowest BCUT2D eigenvalue weighted by Crippen LogP contribution is -2.34. The van der Waals surface area contributed by atoms with E-state index in [2.05, 4.69) is 6.92 Å². The molecule has 2 saturated carbocycles. The number of aliphatic hydroxyl groups excluding tert-OH is 1. The van der Waals surface area contributed by atoms with Crippen molar-refractivity contribution in [3.05, 3.63) is 0 Å². The average Bonchev–Trinajstić information content (AvgIpc) is 2.68. The number of rotatable bonds is 7. The fourth-order valence-electron chi connectivity index (χ4n) is 5.86. The van der Waals surface area contributed by atoms with Crippen molar-refractivity contribution in [1.82, 2.24) is 0 Å². The molecule has 1 aliphatic heterocycles. The first-order chi connectivity index (χ1) is 12.3. The highest BCUT2D eigenvalue weighted by molar-refractivity contribution is 4.82. The normalized spacial score (nSPS) is 40.1. The highest BCUT2D eigenvalue weighted by Gasteiger charge is 2.31. The van der Waals surface area contributed by atoms with Gasteiger partial charge in [0.25, 0.3) is 0 Å². The summed E-state index contributed by atoms with van der Waals surface area (Å²) < 4.78 is 6.27. The average molecular weight is 351 g/mol. The highest BCUT2D eigenvalue weighted by atomic mass is 16.5. The molecule has 0 radical (unpaired) electrons. The van der Waals surface area contributed by atoms with Gasteiger partial charge in [0, 0.05) is 13.2 Å². The summed E-state index contributed by atoms with van der Waals surface area (Å²) in [4.78, 5) is 0. The lowest BCUT2D eigenvalue weighted by molar-refractivity contribution is -0.0597. The Hall–Kier alpha value is -0.0800. The van der Waals surface area contributed by atoms with E-state index in [-0.39, 0.29) is 0 Å². The van der Waals surface area contributed by atoms with E-state index in [0.717, 1.165) is 30.3 Å². The van der Waals surface area contributed by atoms with Crippen LogP contribution in [-0.4, -0.2) is 24.4 Å². The molecule has 0 spiro atoms. The molecule has 0 aromatic heterocycles. The summed E-state index contributed by atoms with van der Waals surface area (Å²) in [6, 6.07) is 0. The topological polar surface area (TPSA) is 29.5 Å². The Bertz CT molecular complexity index is 345. The predicted molar refractivity (Wildman–Crippen MR) is 105 cm³/mol. The van der Waals surface area contributed by atoms with Crippen molar-refractivity contribution >= 4 is 0 Å². The summed E-state index contributed by atoms with van der Waals surface area (Å²) in [5.41, 5.74) is 0. The van der Waals surface area contributed by atoms with Gasteiger partial charge < -0.3 is 9.84 Å². The number of ether oxygens (including phenoxy) is 1. The van der Waals surface area contributed by atoms with Crippen molar-refractivity contribution in [1.29, 1.82) is 0 Å². The van der Waals surface area contributed by atoms with Gasteiger partial charge in [0.05, 0.1) is 6.10 Å². The molecule has 1 N–H and O–H groups in total. The van der Waals surface area contributed by atoms with Gasteiger partial charge in [-0.2, -0.15) is 0 Å². The quantitative estimate of drug-likeness (QED) is 0.613. The summed E-state index contributed by atoms with van der Waals surface area (Å²) in [5, 5.41) is 9.27. The zero-order valence-electron chi connectivity index (χ0n) is 16.6. The number of aliphatic hydroxyl groups is 1. The molecule has 3 rings (SSSR count). The Morgan fingerprint density at radius 2 is 1.24 bits per heavy atom. The van der Waals surface area contributed by atoms with E-state index in [1.54, 1.807) is 0 Å². The molecule has 2 unspecified atom stereocenters. The van der Waals surface area contributed by atoms with Crippen LogP contribution in [0.25, 0.3) is 0 Å². The largest absolute Gasteiger partial charge is 0.396 e. The first-order valence-electron chi connectivity index (χ1n) is 11.5. The number of hydrogen-bond donors (Lipinski definition) is 1. The molecule has 146 valence electrons. The monoisotopic (exact) mass is 350 g/mol. The van der Waals surface area contributed by atoms with Crippen LogP contribution in [0.4, 0.5) is 0 Å². The number of hydrogen-bond acceptors (Lipinski definition) is 2. The zero-order chi connectivity index (χ0) is 17.5. The Labute approximate surface area is 156 Å². The summed E-state index contributed by atoms with van der Waals surface area (Å²) in [7, 11) is 0. The molecule has 3 fully saturated rings. The third kappa shape index (κ3) is 5.96. The SMILES string of the molecule is CCCC1CCC(C2CCC(CCC3CCC(CO)CC3)CC2)OC1. The fourth-order valence-corrected chi connectivity index (χ4v) is 5.86. The molecule has 0 aromatic carbocycles. The van der Waals surface area contributed by atoms with Gasteiger partial charge in [-0.15, -0.1) is 0 Å². The van der Waals surface area contributed by atoms with Gasteiger partial charge in [-0.25, -0.2) is 0 Å². The molecule has 2 heteroatoms. The van der Waals surface area contributed by atoms with E-state index in [1.165, 1.54) is 89.9 Å². The molecule has 3 aliphatic rings. The summed E-state index contributed by atoms with van der Waals surface area (Å²) in [5.74, 6) is 4.26. The van der Waals surface area contributed by atoms with Gasteiger partial charge >= 0.3 is 0 Å².